The van der Waals surface area contributed by atoms with E-state index in [1.54, 1.807) is 0 Å². The van der Waals surface area contributed by atoms with Gasteiger partial charge in [0.15, 0.2) is 0 Å². The summed E-state index contributed by atoms with van der Waals surface area (Å²) in [5.74, 6) is 1.04. The zero-order valence-electron chi connectivity index (χ0n) is 9.63. The van der Waals surface area contributed by atoms with E-state index in [9.17, 15) is 0 Å². The van der Waals surface area contributed by atoms with Crippen molar-refractivity contribution in [2.75, 3.05) is 0 Å². The van der Waals surface area contributed by atoms with Gasteiger partial charge in [0.25, 0.3) is 0 Å². The van der Waals surface area contributed by atoms with Crippen LogP contribution in [0.1, 0.15) is 24.0 Å². The molecule has 0 radical (unpaired) electrons. The molecule has 0 aliphatic carbocycles. The van der Waals surface area contributed by atoms with E-state index in [1.807, 2.05) is 6.20 Å². The van der Waals surface area contributed by atoms with Crippen LogP contribution in [0.5, 0.6) is 0 Å². The average Bonchev–Trinajstić information content (AvgIpc) is 2.40. The third-order valence-electron chi connectivity index (χ3n) is 2.99. The molecule has 0 spiro atoms. The number of amidine groups is 1. The fourth-order valence-electron chi connectivity index (χ4n) is 2.08. The highest BCUT2D eigenvalue weighted by Crippen LogP contribution is 2.18. The lowest BCUT2D eigenvalue weighted by Gasteiger charge is -2.27. The van der Waals surface area contributed by atoms with Gasteiger partial charge in [-0.2, -0.15) is 0 Å². The second-order valence-electron chi connectivity index (χ2n) is 4.25. The minimum absolute atomic E-state index is 0.884. The first-order chi connectivity index (χ1) is 8.42. The van der Waals surface area contributed by atoms with E-state index in [4.69, 9.17) is 0 Å². The molecule has 1 aromatic rings. The van der Waals surface area contributed by atoms with Crippen molar-refractivity contribution in [3.8, 4) is 0 Å². The number of benzene rings is 1. The minimum Gasteiger partial charge on any atom is -0.290 e. The molecule has 2 heterocycles. The van der Waals surface area contributed by atoms with E-state index in [0.717, 1.165) is 25.2 Å². The molecule has 17 heavy (non-hydrogen) atoms. The monoisotopic (exact) mass is 225 g/mol. The molecule has 0 unspecified atom stereocenters. The first-order valence-electron chi connectivity index (χ1n) is 5.93. The van der Waals surface area contributed by atoms with Crippen molar-refractivity contribution in [2.45, 2.75) is 19.4 Å². The lowest BCUT2D eigenvalue weighted by molar-refractivity contribution is 0.320. The van der Waals surface area contributed by atoms with Gasteiger partial charge in [0.05, 0.1) is 6.54 Å². The lowest BCUT2D eigenvalue weighted by Crippen LogP contribution is -2.39. The number of hydrazine groups is 1. The Kier molecular flexibility index (Phi) is 2.66. The Morgan fingerprint density at radius 1 is 1.24 bits per heavy atom. The Balaban J connectivity index is 1.72. The molecule has 1 aromatic carbocycles. The van der Waals surface area contributed by atoms with Gasteiger partial charge in [-0.15, -0.1) is 0 Å². The van der Waals surface area contributed by atoms with Gasteiger partial charge in [0, 0.05) is 18.8 Å². The zero-order chi connectivity index (χ0) is 11.5. The number of nitrogens with one attached hydrogen (secondary N) is 1. The number of hydrogen-bond donors (Lipinski definition) is 1. The fourth-order valence-corrected chi connectivity index (χ4v) is 2.08. The largest absolute Gasteiger partial charge is 0.290 e. The van der Waals surface area contributed by atoms with Gasteiger partial charge in [0.1, 0.15) is 5.84 Å². The van der Waals surface area contributed by atoms with Gasteiger partial charge in [-0.1, -0.05) is 30.3 Å². The summed E-state index contributed by atoms with van der Waals surface area (Å²) in [6, 6.07) is 8.46. The zero-order valence-corrected chi connectivity index (χ0v) is 9.63. The first-order valence-corrected chi connectivity index (χ1v) is 5.93. The number of aliphatic imine (C=N–C) groups is 1. The van der Waals surface area contributed by atoms with E-state index >= 15 is 0 Å². The third-order valence-corrected chi connectivity index (χ3v) is 2.99. The number of nitrogens with zero attached hydrogens (tertiary/aromatic N) is 2. The third kappa shape index (κ3) is 2.23. The maximum Gasteiger partial charge on any atom is 0.120 e. The summed E-state index contributed by atoms with van der Waals surface area (Å²) in [6.45, 7) is 0.884. The second kappa shape index (κ2) is 4.45. The number of rotatable bonds is 1. The van der Waals surface area contributed by atoms with Crippen LogP contribution in [0.25, 0.3) is 6.08 Å². The highest BCUT2D eigenvalue weighted by molar-refractivity contribution is 5.83. The van der Waals surface area contributed by atoms with Crippen molar-refractivity contribution in [3.63, 3.8) is 0 Å². The van der Waals surface area contributed by atoms with Crippen LogP contribution in [-0.4, -0.2) is 10.8 Å². The van der Waals surface area contributed by atoms with Crippen molar-refractivity contribution >= 4 is 11.9 Å². The maximum atomic E-state index is 4.33. The molecule has 2 aliphatic rings. The Labute approximate surface area is 101 Å². The molecule has 0 amide bonds. The standard InChI is InChI=1S/C14H15N3/c1-2-6-13-11-17(10-8-12(13)5-1)16-14-7-3-4-9-15-14/h1-2,4-6,8-10H,3,7,11H2,(H,15,16). The quantitative estimate of drug-likeness (QED) is 0.795. The molecular formula is C14H15N3. The Morgan fingerprint density at radius 3 is 3.06 bits per heavy atom. The summed E-state index contributed by atoms with van der Waals surface area (Å²) in [6.07, 6.45) is 10.2. The molecule has 3 nitrogen and oxygen atoms in total. The van der Waals surface area contributed by atoms with Crippen LogP contribution in [0, 0.1) is 0 Å². The number of hydrogen-bond acceptors (Lipinski definition) is 3. The average molecular weight is 225 g/mol. The van der Waals surface area contributed by atoms with E-state index in [-0.39, 0.29) is 0 Å². The van der Waals surface area contributed by atoms with E-state index in [1.165, 1.54) is 11.1 Å². The van der Waals surface area contributed by atoms with Gasteiger partial charge >= 0.3 is 0 Å². The van der Waals surface area contributed by atoms with Crippen LogP contribution in [-0.2, 0) is 6.54 Å². The first kappa shape index (κ1) is 10.1. The van der Waals surface area contributed by atoms with Gasteiger partial charge in [-0.05, 0) is 23.6 Å². The van der Waals surface area contributed by atoms with Crippen molar-refractivity contribution < 1.29 is 0 Å². The molecule has 1 N–H and O–H groups in total. The van der Waals surface area contributed by atoms with Crippen LogP contribution in [0.3, 0.4) is 0 Å². The summed E-state index contributed by atoms with van der Waals surface area (Å²) < 4.78 is 0. The SMILES string of the molecule is C1=CN=C(NN2C=Cc3ccccc3C2)CC1. The Bertz CT molecular complexity index is 500. The topological polar surface area (TPSA) is 27.6 Å². The molecule has 0 saturated heterocycles. The van der Waals surface area contributed by atoms with Crippen molar-refractivity contribution in [2.24, 2.45) is 4.99 Å². The predicted octanol–water partition coefficient (Wildman–Crippen LogP) is 2.68. The summed E-state index contributed by atoms with van der Waals surface area (Å²) in [4.78, 5) is 4.33. The van der Waals surface area contributed by atoms with Crippen LogP contribution in [0.15, 0.2) is 47.7 Å². The van der Waals surface area contributed by atoms with Crippen molar-refractivity contribution in [1.82, 2.24) is 10.4 Å². The normalized spacial score (nSPS) is 17.6. The van der Waals surface area contributed by atoms with Gasteiger partial charge in [-0.3, -0.25) is 10.4 Å². The van der Waals surface area contributed by atoms with Gasteiger partial charge in [0.2, 0.25) is 0 Å². The molecular weight excluding hydrogens is 210 g/mol. The molecule has 0 saturated carbocycles. The van der Waals surface area contributed by atoms with E-state index in [0.29, 0.717) is 0 Å². The number of fused-ring (bicyclic) bond motifs is 1. The number of allylic oxidation sites excluding steroid dienone is 1. The predicted molar refractivity (Wildman–Crippen MR) is 70.0 cm³/mol. The smallest absolute Gasteiger partial charge is 0.120 e. The molecule has 0 atom stereocenters. The highest BCUT2D eigenvalue weighted by Gasteiger charge is 2.11. The molecule has 2 aliphatic heterocycles. The summed E-state index contributed by atoms with van der Waals surface area (Å²) in [5, 5.41) is 2.08. The molecule has 86 valence electrons. The summed E-state index contributed by atoms with van der Waals surface area (Å²) in [5.41, 5.74) is 5.99. The van der Waals surface area contributed by atoms with E-state index in [2.05, 4.69) is 58.0 Å². The minimum atomic E-state index is 0.884. The highest BCUT2D eigenvalue weighted by atomic mass is 15.5. The molecule has 0 fully saturated rings. The maximum absolute atomic E-state index is 4.33. The molecule has 0 aromatic heterocycles. The van der Waals surface area contributed by atoms with Gasteiger partial charge in [-0.25, -0.2) is 4.99 Å². The van der Waals surface area contributed by atoms with Crippen molar-refractivity contribution in [1.29, 1.82) is 0 Å². The van der Waals surface area contributed by atoms with Gasteiger partial charge < -0.3 is 0 Å². The fraction of sp³-hybridized carbons (Fsp3) is 0.214. The summed E-state index contributed by atoms with van der Waals surface area (Å²) in [7, 11) is 0. The lowest BCUT2D eigenvalue weighted by atomic mass is 10.1. The Hall–Kier alpha value is -2.03. The van der Waals surface area contributed by atoms with Crippen molar-refractivity contribution in [3.05, 3.63) is 53.9 Å². The van der Waals surface area contributed by atoms with Crippen LogP contribution < -0.4 is 5.43 Å². The Morgan fingerprint density at radius 2 is 2.18 bits per heavy atom. The van der Waals surface area contributed by atoms with E-state index < -0.39 is 0 Å². The van der Waals surface area contributed by atoms with Crippen LogP contribution in [0.4, 0.5) is 0 Å². The molecule has 0 bridgehead atoms. The van der Waals surface area contributed by atoms with Crippen LogP contribution >= 0.6 is 0 Å². The van der Waals surface area contributed by atoms with Crippen LogP contribution in [0.2, 0.25) is 0 Å². The second-order valence-corrected chi connectivity index (χ2v) is 4.25. The summed E-state index contributed by atoms with van der Waals surface area (Å²) >= 11 is 0. The molecule has 3 heteroatoms. The molecule has 3 rings (SSSR count).